The Kier molecular flexibility index (Phi) is 3.31. The summed E-state index contributed by atoms with van der Waals surface area (Å²) in [6, 6.07) is 0.0370. The first kappa shape index (κ1) is 12.3. The number of carbonyl (C=O) groups excluding carboxylic acids is 2. The van der Waals surface area contributed by atoms with Crippen molar-refractivity contribution in [1.82, 2.24) is 4.90 Å². The maximum absolute atomic E-state index is 12.2. The molecule has 5 heteroatoms. The largest absolute Gasteiger partial charge is 0.312 e. The number of carbonyl (C=O) groups is 2. The molecule has 1 aliphatic carbocycles. The lowest BCUT2D eigenvalue weighted by molar-refractivity contribution is -0.141. The van der Waals surface area contributed by atoms with E-state index in [9.17, 15) is 9.59 Å². The maximum atomic E-state index is 12.2. The van der Waals surface area contributed by atoms with E-state index in [1.54, 1.807) is 6.92 Å². The Morgan fingerprint density at radius 2 is 1.71 bits per heavy atom. The number of rotatable bonds is 2. The van der Waals surface area contributed by atoms with E-state index in [1.165, 1.54) is 11.3 Å². The highest BCUT2D eigenvalue weighted by molar-refractivity contribution is 6.19. The van der Waals surface area contributed by atoms with Crippen LogP contribution < -0.4 is 11.5 Å². The number of amides is 2. The molecule has 5 nitrogen and oxygen atoms in total. The van der Waals surface area contributed by atoms with E-state index in [0.29, 0.717) is 5.57 Å². The molecule has 0 spiro atoms. The van der Waals surface area contributed by atoms with Gasteiger partial charge in [0.15, 0.2) is 0 Å². The van der Waals surface area contributed by atoms with Gasteiger partial charge in [0.25, 0.3) is 11.8 Å². The first-order valence-corrected chi connectivity index (χ1v) is 6.14. The molecule has 1 fully saturated rings. The summed E-state index contributed by atoms with van der Waals surface area (Å²) >= 11 is 0. The Balaban J connectivity index is 2.23. The van der Waals surface area contributed by atoms with Crippen LogP contribution in [0.2, 0.25) is 0 Å². The Hall–Kier alpha value is -1.20. The third-order valence-corrected chi connectivity index (χ3v) is 3.67. The topological polar surface area (TPSA) is 89.4 Å². The van der Waals surface area contributed by atoms with Crippen molar-refractivity contribution in [3.63, 3.8) is 0 Å². The van der Waals surface area contributed by atoms with Gasteiger partial charge in [-0.05, 0) is 19.8 Å². The van der Waals surface area contributed by atoms with Crippen LogP contribution in [0.15, 0.2) is 11.1 Å². The van der Waals surface area contributed by atoms with Gasteiger partial charge >= 0.3 is 0 Å². The van der Waals surface area contributed by atoms with E-state index in [1.807, 2.05) is 0 Å². The van der Waals surface area contributed by atoms with E-state index < -0.39 is 6.17 Å². The maximum Gasteiger partial charge on any atom is 0.260 e. The molecule has 2 rings (SSSR count). The lowest BCUT2D eigenvalue weighted by Gasteiger charge is -2.30. The lowest BCUT2D eigenvalue weighted by atomic mass is 9.94. The Morgan fingerprint density at radius 1 is 1.12 bits per heavy atom. The first-order valence-electron chi connectivity index (χ1n) is 6.14. The molecule has 0 unspecified atom stereocenters. The van der Waals surface area contributed by atoms with Crippen LogP contribution in [0.25, 0.3) is 0 Å². The van der Waals surface area contributed by atoms with Gasteiger partial charge in [-0.15, -0.1) is 0 Å². The molecule has 0 aromatic heterocycles. The molecule has 0 radical (unpaired) electrons. The standard InChI is InChI=1S/C12H19N3O2/c1-7-9(10(13)14)12(17)15(11(7)16)8-5-3-2-4-6-8/h8,10H,2-6,13-14H2,1H3. The van der Waals surface area contributed by atoms with Gasteiger partial charge in [0.1, 0.15) is 0 Å². The molecule has 2 aliphatic rings. The van der Waals surface area contributed by atoms with Crippen molar-refractivity contribution in [2.24, 2.45) is 11.5 Å². The lowest BCUT2D eigenvalue weighted by Crippen LogP contribution is -2.44. The van der Waals surface area contributed by atoms with Gasteiger partial charge < -0.3 is 11.5 Å². The molecule has 94 valence electrons. The van der Waals surface area contributed by atoms with Crippen LogP contribution in [0.5, 0.6) is 0 Å². The summed E-state index contributed by atoms with van der Waals surface area (Å²) in [7, 11) is 0. The highest BCUT2D eigenvalue weighted by Gasteiger charge is 2.41. The average Bonchev–Trinajstić information content (AvgIpc) is 2.51. The number of nitrogens with two attached hydrogens (primary N) is 2. The van der Waals surface area contributed by atoms with E-state index in [4.69, 9.17) is 11.5 Å². The monoisotopic (exact) mass is 237 g/mol. The molecule has 2 amide bonds. The van der Waals surface area contributed by atoms with Crippen molar-refractivity contribution in [3.8, 4) is 0 Å². The second-order valence-electron chi connectivity index (χ2n) is 4.84. The molecule has 4 N–H and O–H groups in total. The van der Waals surface area contributed by atoms with Gasteiger partial charge in [-0.3, -0.25) is 14.5 Å². The Morgan fingerprint density at radius 3 is 2.18 bits per heavy atom. The molecular weight excluding hydrogens is 218 g/mol. The fourth-order valence-corrected chi connectivity index (χ4v) is 2.74. The number of hydrogen-bond donors (Lipinski definition) is 2. The number of imide groups is 1. The molecule has 17 heavy (non-hydrogen) atoms. The first-order chi connectivity index (χ1) is 8.04. The van der Waals surface area contributed by atoms with Gasteiger partial charge in [0, 0.05) is 11.6 Å². The van der Waals surface area contributed by atoms with E-state index in [2.05, 4.69) is 0 Å². The second-order valence-corrected chi connectivity index (χ2v) is 4.84. The summed E-state index contributed by atoms with van der Waals surface area (Å²) in [4.78, 5) is 25.6. The number of hydrogen-bond acceptors (Lipinski definition) is 4. The van der Waals surface area contributed by atoms with Crippen molar-refractivity contribution in [3.05, 3.63) is 11.1 Å². The van der Waals surface area contributed by atoms with Gasteiger partial charge in [0.2, 0.25) is 0 Å². The Bertz CT molecular complexity index is 381. The van der Waals surface area contributed by atoms with Gasteiger partial charge in [-0.1, -0.05) is 19.3 Å². The zero-order chi connectivity index (χ0) is 12.6. The quantitative estimate of drug-likeness (QED) is 0.532. The van der Waals surface area contributed by atoms with Crippen LogP contribution in [0.4, 0.5) is 0 Å². The fourth-order valence-electron chi connectivity index (χ4n) is 2.74. The third kappa shape index (κ3) is 2.00. The van der Waals surface area contributed by atoms with Crippen LogP contribution >= 0.6 is 0 Å². The molecule has 1 heterocycles. The predicted octanol–water partition coefficient (Wildman–Crippen LogP) is 0.248. The van der Waals surface area contributed by atoms with Crippen LogP contribution in [0, 0.1) is 0 Å². The summed E-state index contributed by atoms with van der Waals surface area (Å²) in [5.74, 6) is -0.493. The van der Waals surface area contributed by atoms with Gasteiger partial charge in [-0.2, -0.15) is 0 Å². The zero-order valence-corrected chi connectivity index (χ0v) is 10.1. The summed E-state index contributed by atoms with van der Waals surface area (Å²) in [5, 5.41) is 0. The smallest absolute Gasteiger partial charge is 0.260 e. The molecule has 1 aliphatic heterocycles. The highest BCUT2D eigenvalue weighted by Crippen LogP contribution is 2.30. The minimum Gasteiger partial charge on any atom is -0.312 e. The zero-order valence-electron chi connectivity index (χ0n) is 10.1. The van der Waals surface area contributed by atoms with Crippen molar-refractivity contribution >= 4 is 11.8 Å². The molecule has 0 aromatic rings. The summed E-state index contributed by atoms with van der Waals surface area (Å²) in [6.45, 7) is 1.63. The normalized spacial score (nSPS) is 23.2. The fraction of sp³-hybridized carbons (Fsp3) is 0.667. The minimum atomic E-state index is -0.861. The molecular formula is C12H19N3O2. The van der Waals surface area contributed by atoms with E-state index in [-0.39, 0.29) is 23.4 Å². The SMILES string of the molecule is CC1=C(C(N)N)C(=O)N(C2CCCCC2)C1=O. The molecule has 0 saturated heterocycles. The van der Waals surface area contributed by atoms with Gasteiger partial charge in [0.05, 0.1) is 11.7 Å². The van der Waals surface area contributed by atoms with Crippen molar-refractivity contribution in [1.29, 1.82) is 0 Å². The second kappa shape index (κ2) is 4.58. The molecule has 1 saturated carbocycles. The van der Waals surface area contributed by atoms with Crippen molar-refractivity contribution in [2.45, 2.75) is 51.2 Å². The molecule has 0 bridgehead atoms. The van der Waals surface area contributed by atoms with E-state index >= 15 is 0 Å². The van der Waals surface area contributed by atoms with Crippen LogP contribution in [0.1, 0.15) is 39.0 Å². The third-order valence-electron chi connectivity index (χ3n) is 3.67. The van der Waals surface area contributed by atoms with Crippen LogP contribution in [0.3, 0.4) is 0 Å². The predicted molar refractivity (Wildman–Crippen MR) is 63.6 cm³/mol. The van der Waals surface area contributed by atoms with Crippen LogP contribution in [-0.2, 0) is 9.59 Å². The summed E-state index contributed by atoms with van der Waals surface area (Å²) in [6.07, 6.45) is 4.27. The highest BCUT2D eigenvalue weighted by atomic mass is 16.2. The van der Waals surface area contributed by atoms with Crippen molar-refractivity contribution in [2.75, 3.05) is 0 Å². The summed E-state index contributed by atoms with van der Waals surface area (Å²) in [5.41, 5.74) is 11.8. The summed E-state index contributed by atoms with van der Waals surface area (Å²) < 4.78 is 0. The van der Waals surface area contributed by atoms with E-state index in [0.717, 1.165) is 25.7 Å². The number of nitrogens with zero attached hydrogens (tertiary/aromatic N) is 1. The minimum absolute atomic E-state index is 0.0370. The van der Waals surface area contributed by atoms with Crippen molar-refractivity contribution < 1.29 is 9.59 Å². The molecule has 0 atom stereocenters. The molecule has 0 aromatic carbocycles. The van der Waals surface area contributed by atoms with Crippen LogP contribution in [-0.4, -0.2) is 28.9 Å². The average molecular weight is 237 g/mol. The van der Waals surface area contributed by atoms with Gasteiger partial charge in [-0.25, -0.2) is 0 Å². The Labute approximate surface area is 101 Å².